The van der Waals surface area contributed by atoms with E-state index >= 15 is 0 Å². The number of rotatable bonds is 11. The number of nitrogens with one attached hydrogen (secondary N) is 3. The normalized spacial score (nSPS) is 12.0. The van der Waals surface area contributed by atoms with Gasteiger partial charge < -0.3 is 10.6 Å². The van der Waals surface area contributed by atoms with Crippen molar-refractivity contribution in [2.24, 2.45) is 0 Å². The molecule has 0 heterocycles. The van der Waals surface area contributed by atoms with Crippen LogP contribution < -0.4 is 15.4 Å². The largest absolute Gasteiger partial charge is 0.471 e. The van der Waals surface area contributed by atoms with Crippen molar-refractivity contribution in [3.05, 3.63) is 34.4 Å². The molecule has 0 aliphatic rings. The number of hydrogen-bond acceptors (Lipinski definition) is 6. The van der Waals surface area contributed by atoms with E-state index in [1.807, 2.05) is 0 Å². The zero-order valence-corrected chi connectivity index (χ0v) is 14.9. The molecule has 1 rings (SSSR count). The van der Waals surface area contributed by atoms with E-state index in [1.165, 1.54) is 12.1 Å². The third-order valence-corrected chi connectivity index (χ3v) is 4.76. The molecule has 0 unspecified atom stereocenters. The standard InChI is InChI=1S/C14H19F3N4O5S/c15-14(16,17)13(22)19-9-3-7-18-8-4-10-20-27(25,26)12-6-2-1-5-11(12)21(23)24/h1-2,5-6,18,20H,3-4,7-10H2,(H,19,22). The molecule has 0 saturated heterocycles. The maximum atomic E-state index is 12.1. The van der Waals surface area contributed by atoms with Crippen LogP contribution in [0.25, 0.3) is 0 Å². The van der Waals surface area contributed by atoms with Crippen LogP contribution in [-0.2, 0) is 14.8 Å². The van der Waals surface area contributed by atoms with E-state index in [9.17, 15) is 36.5 Å². The Morgan fingerprint density at radius 2 is 1.67 bits per heavy atom. The number of nitro benzene ring substituents is 1. The van der Waals surface area contributed by atoms with Crippen molar-refractivity contribution < 1.29 is 31.3 Å². The first kappa shape index (κ1) is 22.8. The number of sulfonamides is 1. The van der Waals surface area contributed by atoms with Gasteiger partial charge in [-0.25, -0.2) is 13.1 Å². The van der Waals surface area contributed by atoms with Gasteiger partial charge in [0.25, 0.3) is 5.69 Å². The molecule has 152 valence electrons. The lowest BCUT2D eigenvalue weighted by Gasteiger charge is -2.09. The number of carbonyl (C=O) groups is 1. The minimum Gasteiger partial charge on any atom is -0.348 e. The molecule has 1 aromatic carbocycles. The van der Waals surface area contributed by atoms with Gasteiger partial charge in [-0.15, -0.1) is 0 Å². The first-order chi connectivity index (χ1) is 12.6. The topological polar surface area (TPSA) is 130 Å². The zero-order valence-electron chi connectivity index (χ0n) is 14.1. The molecule has 0 atom stereocenters. The SMILES string of the molecule is O=C(NCCCNCCCNS(=O)(=O)c1ccccc1[N+](=O)[O-])C(F)(F)F. The molecule has 0 saturated carbocycles. The summed E-state index contributed by atoms with van der Waals surface area (Å²) in [6, 6.07) is 4.96. The van der Waals surface area contributed by atoms with Crippen LogP contribution in [-0.4, -0.2) is 51.6 Å². The molecule has 3 N–H and O–H groups in total. The van der Waals surface area contributed by atoms with Crippen LogP contribution in [0.4, 0.5) is 18.9 Å². The summed E-state index contributed by atoms with van der Waals surface area (Å²) in [4.78, 5) is 20.2. The average molecular weight is 412 g/mol. The second-order valence-electron chi connectivity index (χ2n) is 5.33. The lowest BCUT2D eigenvalue weighted by molar-refractivity contribution is -0.387. The summed E-state index contributed by atoms with van der Waals surface area (Å²) in [5.41, 5.74) is -0.524. The molecule has 0 radical (unpaired) electrons. The van der Waals surface area contributed by atoms with Crippen molar-refractivity contribution in [1.29, 1.82) is 0 Å². The third-order valence-electron chi connectivity index (χ3n) is 3.25. The summed E-state index contributed by atoms with van der Waals surface area (Å²) < 4.78 is 62.3. The minimum absolute atomic E-state index is 0.0200. The smallest absolute Gasteiger partial charge is 0.348 e. The van der Waals surface area contributed by atoms with Crippen LogP contribution in [0.15, 0.2) is 29.2 Å². The van der Waals surface area contributed by atoms with Gasteiger partial charge in [-0.05, 0) is 32.0 Å². The fraction of sp³-hybridized carbons (Fsp3) is 0.500. The van der Waals surface area contributed by atoms with Crippen LogP contribution in [0.1, 0.15) is 12.8 Å². The highest BCUT2D eigenvalue weighted by Gasteiger charge is 2.38. The summed E-state index contributed by atoms with van der Waals surface area (Å²) in [5.74, 6) is -1.99. The molecule has 1 amide bonds. The van der Waals surface area contributed by atoms with E-state index in [1.54, 1.807) is 5.32 Å². The van der Waals surface area contributed by atoms with Gasteiger partial charge in [-0.2, -0.15) is 13.2 Å². The van der Waals surface area contributed by atoms with E-state index in [4.69, 9.17) is 0 Å². The van der Waals surface area contributed by atoms with Crippen LogP contribution in [0.5, 0.6) is 0 Å². The van der Waals surface area contributed by atoms with E-state index in [2.05, 4.69) is 10.0 Å². The van der Waals surface area contributed by atoms with Gasteiger partial charge in [0.05, 0.1) is 4.92 Å². The fourth-order valence-corrected chi connectivity index (χ4v) is 3.22. The first-order valence-electron chi connectivity index (χ1n) is 7.84. The number of para-hydroxylation sites is 1. The van der Waals surface area contributed by atoms with E-state index in [0.29, 0.717) is 19.5 Å². The van der Waals surface area contributed by atoms with Crippen molar-refractivity contribution in [3.8, 4) is 0 Å². The Kier molecular flexibility index (Phi) is 8.59. The molecule has 27 heavy (non-hydrogen) atoms. The Morgan fingerprint density at radius 3 is 2.26 bits per heavy atom. The molecule has 0 aliphatic carbocycles. The molecule has 0 fully saturated rings. The second-order valence-corrected chi connectivity index (χ2v) is 7.07. The fourth-order valence-electron chi connectivity index (χ4n) is 1.97. The Bertz CT molecular complexity index is 755. The molecular weight excluding hydrogens is 393 g/mol. The molecule has 13 heteroatoms. The molecule has 0 aromatic heterocycles. The van der Waals surface area contributed by atoms with Crippen molar-refractivity contribution in [1.82, 2.24) is 15.4 Å². The molecule has 1 aromatic rings. The van der Waals surface area contributed by atoms with Gasteiger partial charge in [0.2, 0.25) is 10.0 Å². The minimum atomic E-state index is -4.90. The highest BCUT2D eigenvalue weighted by atomic mass is 32.2. The van der Waals surface area contributed by atoms with Gasteiger partial charge in [0.1, 0.15) is 0 Å². The summed E-state index contributed by atoms with van der Waals surface area (Å²) >= 11 is 0. The number of amides is 1. The zero-order chi connectivity index (χ0) is 20.5. The van der Waals surface area contributed by atoms with Crippen LogP contribution in [0.2, 0.25) is 0 Å². The highest BCUT2D eigenvalue weighted by molar-refractivity contribution is 7.89. The summed E-state index contributed by atoms with van der Waals surface area (Å²) in [5, 5.41) is 15.5. The third kappa shape index (κ3) is 7.88. The van der Waals surface area contributed by atoms with Crippen molar-refractivity contribution in [2.75, 3.05) is 26.2 Å². The van der Waals surface area contributed by atoms with Crippen molar-refractivity contribution in [3.63, 3.8) is 0 Å². The van der Waals surface area contributed by atoms with Gasteiger partial charge in [0, 0.05) is 19.2 Å². The van der Waals surface area contributed by atoms with Crippen LogP contribution >= 0.6 is 0 Å². The van der Waals surface area contributed by atoms with Crippen molar-refractivity contribution >= 4 is 21.6 Å². The number of hydrogen-bond donors (Lipinski definition) is 3. The summed E-state index contributed by atoms with van der Waals surface area (Å²) in [6.07, 6.45) is -4.28. The number of carbonyl (C=O) groups excluding carboxylic acids is 1. The Balaban J connectivity index is 2.25. The number of nitrogens with zero attached hydrogens (tertiary/aromatic N) is 1. The lowest BCUT2D eigenvalue weighted by Crippen LogP contribution is -2.38. The molecule has 9 nitrogen and oxygen atoms in total. The Morgan fingerprint density at radius 1 is 1.07 bits per heavy atom. The number of halogens is 3. The monoisotopic (exact) mass is 412 g/mol. The lowest BCUT2D eigenvalue weighted by atomic mass is 10.3. The second kappa shape index (κ2) is 10.2. The van der Waals surface area contributed by atoms with Gasteiger partial charge in [0.15, 0.2) is 4.90 Å². The number of alkyl halides is 3. The Labute approximate surface area is 153 Å². The maximum absolute atomic E-state index is 12.1. The Hall–Kier alpha value is -2.25. The predicted octanol–water partition coefficient (Wildman–Crippen LogP) is 0.921. The molecule has 0 spiro atoms. The van der Waals surface area contributed by atoms with Gasteiger partial charge in [-0.1, -0.05) is 12.1 Å². The molecule has 0 bridgehead atoms. The van der Waals surface area contributed by atoms with Crippen LogP contribution in [0, 0.1) is 10.1 Å². The number of benzene rings is 1. The predicted molar refractivity (Wildman–Crippen MR) is 89.5 cm³/mol. The van der Waals surface area contributed by atoms with E-state index < -0.39 is 37.6 Å². The van der Waals surface area contributed by atoms with Gasteiger partial charge in [-0.3, -0.25) is 14.9 Å². The van der Waals surface area contributed by atoms with Crippen LogP contribution in [0.3, 0.4) is 0 Å². The van der Waals surface area contributed by atoms with E-state index in [0.717, 1.165) is 12.1 Å². The molecular formula is C14H19F3N4O5S. The van der Waals surface area contributed by atoms with Gasteiger partial charge >= 0.3 is 12.1 Å². The summed E-state index contributed by atoms with van der Waals surface area (Å²) in [6.45, 7) is 0.573. The maximum Gasteiger partial charge on any atom is 0.471 e. The quantitative estimate of drug-likeness (QED) is 0.282. The summed E-state index contributed by atoms with van der Waals surface area (Å²) in [7, 11) is -4.03. The van der Waals surface area contributed by atoms with E-state index in [-0.39, 0.29) is 19.5 Å². The van der Waals surface area contributed by atoms with Crippen molar-refractivity contribution in [2.45, 2.75) is 23.9 Å². The highest BCUT2D eigenvalue weighted by Crippen LogP contribution is 2.22. The first-order valence-corrected chi connectivity index (χ1v) is 9.33. The number of nitro groups is 1. The molecule has 0 aliphatic heterocycles. The average Bonchev–Trinajstić information content (AvgIpc) is 2.59.